The summed E-state index contributed by atoms with van der Waals surface area (Å²) < 4.78 is 4.67. The lowest BCUT2D eigenvalue weighted by atomic mass is 9.79. The highest BCUT2D eigenvalue weighted by Crippen LogP contribution is 2.25. The van der Waals surface area contributed by atoms with E-state index in [1.54, 1.807) is 0 Å². The number of hydrogen-bond donors (Lipinski definition) is 1. The Morgan fingerprint density at radius 1 is 1.38 bits per heavy atom. The van der Waals surface area contributed by atoms with Crippen LogP contribution in [-0.4, -0.2) is 19.1 Å². The van der Waals surface area contributed by atoms with Gasteiger partial charge in [-0.15, -0.1) is 12.4 Å². The van der Waals surface area contributed by atoms with Gasteiger partial charge in [0, 0.05) is 6.04 Å². The lowest BCUT2D eigenvalue weighted by Gasteiger charge is -2.31. The van der Waals surface area contributed by atoms with E-state index >= 15 is 0 Å². The van der Waals surface area contributed by atoms with Crippen LogP contribution in [0.5, 0.6) is 0 Å². The Kier molecular flexibility index (Phi) is 6.37. The standard InChI is InChI=1S/C9H19NO2.ClH/c1-6(2)7(10)9(3,4)8(11)12-5;/h6-7H,10H2,1-5H3;1H. The fourth-order valence-electron chi connectivity index (χ4n) is 1.23. The SMILES string of the molecule is COC(=O)C(C)(C)C(N)C(C)C.Cl. The highest BCUT2D eigenvalue weighted by atomic mass is 35.5. The Morgan fingerprint density at radius 3 is 2.00 bits per heavy atom. The third kappa shape index (κ3) is 3.53. The van der Waals surface area contributed by atoms with Gasteiger partial charge in [-0.1, -0.05) is 13.8 Å². The van der Waals surface area contributed by atoms with Crippen LogP contribution < -0.4 is 5.73 Å². The Bertz CT molecular complexity index is 169. The minimum Gasteiger partial charge on any atom is -0.469 e. The molecule has 0 aromatic rings. The summed E-state index contributed by atoms with van der Waals surface area (Å²) >= 11 is 0. The largest absolute Gasteiger partial charge is 0.469 e. The lowest BCUT2D eigenvalue weighted by molar-refractivity contribution is -0.152. The first-order valence-electron chi connectivity index (χ1n) is 4.18. The predicted octanol–water partition coefficient (Wildman–Crippen LogP) is 1.59. The first-order valence-corrected chi connectivity index (χ1v) is 4.18. The molecule has 0 radical (unpaired) electrons. The fraction of sp³-hybridized carbons (Fsp3) is 0.889. The molecule has 0 saturated heterocycles. The molecule has 4 heteroatoms. The number of carbonyl (C=O) groups excluding carboxylic acids is 1. The molecule has 0 heterocycles. The fourth-order valence-corrected chi connectivity index (χ4v) is 1.23. The van der Waals surface area contributed by atoms with Crippen LogP contribution in [0, 0.1) is 11.3 Å². The van der Waals surface area contributed by atoms with E-state index < -0.39 is 5.41 Å². The number of methoxy groups -OCH3 is 1. The molecule has 0 aromatic carbocycles. The van der Waals surface area contributed by atoms with Gasteiger partial charge in [0.2, 0.25) is 0 Å². The molecule has 0 aromatic heterocycles. The average Bonchev–Trinajstić information content (AvgIpc) is 2.01. The van der Waals surface area contributed by atoms with Crippen molar-refractivity contribution in [2.45, 2.75) is 33.7 Å². The monoisotopic (exact) mass is 209 g/mol. The topological polar surface area (TPSA) is 52.3 Å². The minimum absolute atomic E-state index is 0. The molecule has 0 amide bonds. The van der Waals surface area contributed by atoms with E-state index in [4.69, 9.17) is 5.73 Å². The van der Waals surface area contributed by atoms with E-state index in [-0.39, 0.29) is 30.3 Å². The molecule has 0 bridgehead atoms. The number of carbonyl (C=O) groups is 1. The van der Waals surface area contributed by atoms with Crippen molar-refractivity contribution in [3.05, 3.63) is 0 Å². The summed E-state index contributed by atoms with van der Waals surface area (Å²) in [6, 6.07) is -0.162. The van der Waals surface area contributed by atoms with Crippen molar-refractivity contribution in [2.75, 3.05) is 7.11 Å². The summed E-state index contributed by atoms with van der Waals surface area (Å²) in [4.78, 5) is 11.3. The summed E-state index contributed by atoms with van der Waals surface area (Å²) in [5, 5.41) is 0. The van der Waals surface area contributed by atoms with Crippen LogP contribution >= 0.6 is 12.4 Å². The van der Waals surface area contributed by atoms with E-state index in [1.807, 2.05) is 27.7 Å². The van der Waals surface area contributed by atoms with Crippen molar-refractivity contribution in [1.29, 1.82) is 0 Å². The zero-order valence-electron chi connectivity index (χ0n) is 8.96. The number of ether oxygens (including phenoxy) is 1. The van der Waals surface area contributed by atoms with Gasteiger partial charge in [-0.3, -0.25) is 4.79 Å². The van der Waals surface area contributed by atoms with E-state index in [9.17, 15) is 4.79 Å². The molecule has 0 aliphatic rings. The van der Waals surface area contributed by atoms with Gasteiger partial charge < -0.3 is 10.5 Å². The van der Waals surface area contributed by atoms with Crippen LogP contribution in [0.2, 0.25) is 0 Å². The molecule has 0 spiro atoms. The second-order valence-electron chi connectivity index (χ2n) is 3.98. The van der Waals surface area contributed by atoms with Crippen LogP contribution in [0.4, 0.5) is 0 Å². The Labute approximate surface area is 86.4 Å². The molecule has 1 atom stereocenters. The molecule has 3 nitrogen and oxygen atoms in total. The molecule has 0 saturated carbocycles. The van der Waals surface area contributed by atoms with E-state index in [0.717, 1.165) is 0 Å². The van der Waals surface area contributed by atoms with Crippen molar-refractivity contribution < 1.29 is 9.53 Å². The smallest absolute Gasteiger partial charge is 0.312 e. The van der Waals surface area contributed by atoms with Crippen LogP contribution in [0.1, 0.15) is 27.7 Å². The first kappa shape index (κ1) is 15.2. The van der Waals surface area contributed by atoms with Crippen LogP contribution in [0.3, 0.4) is 0 Å². The summed E-state index contributed by atoms with van der Waals surface area (Å²) in [7, 11) is 1.39. The quantitative estimate of drug-likeness (QED) is 0.719. The zero-order chi connectivity index (χ0) is 9.94. The van der Waals surface area contributed by atoms with Gasteiger partial charge >= 0.3 is 5.97 Å². The average molecular weight is 210 g/mol. The maximum Gasteiger partial charge on any atom is 0.312 e. The molecule has 1 unspecified atom stereocenters. The summed E-state index contributed by atoms with van der Waals surface area (Å²) in [6.07, 6.45) is 0. The zero-order valence-corrected chi connectivity index (χ0v) is 9.77. The summed E-state index contributed by atoms with van der Waals surface area (Å²) in [5.74, 6) is 0.0304. The second-order valence-corrected chi connectivity index (χ2v) is 3.98. The van der Waals surface area contributed by atoms with Gasteiger partial charge in [0.1, 0.15) is 0 Å². The van der Waals surface area contributed by atoms with Crippen molar-refractivity contribution in [3.8, 4) is 0 Å². The van der Waals surface area contributed by atoms with Gasteiger partial charge in [-0.2, -0.15) is 0 Å². The van der Waals surface area contributed by atoms with Gasteiger partial charge in [0.25, 0.3) is 0 Å². The Hall–Kier alpha value is -0.280. The van der Waals surface area contributed by atoms with Crippen molar-refractivity contribution in [1.82, 2.24) is 0 Å². The summed E-state index contributed by atoms with van der Waals surface area (Å²) in [6.45, 7) is 7.61. The molecular weight excluding hydrogens is 190 g/mol. The maximum absolute atomic E-state index is 11.3. The van der Waals surface area contributed by atoms with Crippen molar-refractivity contribution in [2.24, 2.45) is 17.1 Å². The van der Waals surface area contributed by atoms with Crippen molar-refractivity contribution >= 4 is 18.4 Å². The molecule has 2 N–H and O–H groups in total. The van der Waals surface area contributed by atoms with E-state index in [2.05, 4.69) is 4.74 Å². The summed E-state index contributed by atoms with van der Waals surface area (Å²) in [5.41, 5.74) is 5.28. The van der Waals surface area contributed by atoms with Gasteiger partial charge in [0.05, 0.1) is 12.5 Å². The van der Waals surface area contributed by atoms with Crippen LogP contribution in [0.15, 0.2) is 0 Å². The second kappa shape index (κ2) is 5.45. The Balaban J connectivity index is 0. The highest BCUT2D eigenvalue weighted by Gasteiger charge is 2.36. The number of halogens is 1. The molecule has 13 heavy (non-hydrogen) atoms. The lowest BCUT2D eigenvalue weighted by Crippen LogP contribution is -2.47. The minimum atomic E-state index is -0.594. The molecule has 0 rings (SSSR count). The molecular formula is C9H20ClNO2. The van der Waals surface area contributed by atoms with Crippen LogP contribution in [0.25, 0.3) is 0 Å². The highest BCUT2D eigenvalue weighted by molar-refractivity contribution is 5.85. The van der Waals surface area contributed by atoms with Gasteiger partial charge in [0.15, 0.2) is 0 Å². The molecule has 80 valence electrons. The molecule has 0 fully saturated rings. The number of nitrogens with two attached hydrogens (primary N) is 1. The number of hydrogen-bond acceptors (Lipinski definition) is 3. The molecule has 0 aliphatic carbocycles. The third-order valence-electron chi connectivity index (χ3n) is 2.26. The van der Waals surface area contributed by atoms with E-state index in [1.165, 1.54) is 7.11 Å². The van der Waals surface area contributed by atoms with Gasteiger partial charge in [-0.05, 0) is 19.8 Å². The number of esters is 1. The maximum atomic E-state index is 11.3. The third-order valence-corrected chi connectivity index (χ3v) is 2.26. The van der Waals surface area contributed by atoms with Crippen molar-refractivity contribution in [3.63, 3.8) is 0 Å². The normalized spacial score (nSPS) is 13.5. The van der Waals surface area contributed by atoms with Gasteiger partial charge in [-0.25, -0.2) is 0 Å². The number of rotatable bonds is 3. The predicted molar refractivity (Wildman–Crippen MR) is 55.9 cm³/mol. The molecule has 0 aliphatic heterocycles. The Morgan fingerprint density at radius 2 is 1.77 bits per heavy atom. The van der Waals surface area contributed by atoms with E-state index in [0.29, 0.717) is 0 Å². The van der Waals surface area contributed by atoms with Crippen LogP contribution in [-0.2, 0) is 9.53 Å². The first-order chi connectivity index (χ1) is 5.34.